The maximum absolute atomic E-state index is 11.6. The van der Waals surface area contributed by atoms with Gasteiger partial charge in [0.05, 0.1) is 5.39 Å². The van der Waals surface area contributed by atoms with Gasteiger partial charge in [0.25, 0.3) is 0 Å². The fourth-order valence-electron chi connectivity index (χ4n) is 3.22. The number of fused-ring (bicyclic) bond motifs is 1. The first-order valence-corrected chi connectivity index (χ1v) is 9.80. The third kappa shape index (κ3) is 3.01. The number of carboxylic acid groups (broad SMARTS) is 1. The van der Waals surface area contributed by atoms with E-state index in [0.29, 0.717) is 18.8 Å². The summed E-state index contributed by atoms with van der Waals surface area (Å²) in [6.07, 6.45) is 1.42. The number of anilines is 1. The molecule has 0 radical (unpaired) electrons. The van der Waals surface area contributed by atoms with Crippen molar-refractivity contribution in [3.63, 3.8) is 0 Å². The lowest BCUT2D eigenvalue weighted by Crippen LogP contribution is -2.36. The van der Waals surface area contributed by atoms with Crippen molar-refractivity contribution in [1.82, 2.24) is 9.97 Å². The second-order valence-electron chi connectivity index (χ2n) is 5.84. The average Bonchev–Trinajstić information content (AvgIpc) is 3.21. The Morgan fingerprint density at radius 1 is 1.32 bits per heavy atom. The van der Waals surface area contributed by atoms with Crippen LogP contribution < -0.4 is 4.90 Å². The van der Waals surface area contributed by atoms with Crippen LogP contribution in [0.1, 0.15) is 12.8 Å². The van der Waals surface area contributed by atoms with E-state index in [-0.39, 0.29) is 5.28 Å². The summed E-state index contributed by atoms with van der Waals surface area (Å²) in [5.41, 5.74) is 2.03. The van der Waals surface area contributed by atoms with E-state index in [1.54, 1.807) is 0 Å². The maximum Gasteiger partial charge on any atom is 0.326 e. The molecule has 0 aliphatic carbocycles. The number of rotatable bonds is 3. The molecule has 3 heterocycles. The molecule has 1 aliphatic rings. The SMILES string of the molecule is O=C(O)C1CCCN1c1nc(Cl)nc2scc(-c3ccc(Br)cc3)c12. The fraction of sp³-hybridized carbons (Fsp3) is 0.235. The van der Waals surface area contributed by atoms with E-state index in [2.05, 4.69) is 25.9 Å². The van der Waals surface area contributed by atoms with Crippen LogP contribution in [0.3, 0.4) is 0 Å². The van der Waals surface area contributed by atoms with Crippen LogP contribution in [0.5, 0.6) is 0 Å². The predicted octanol–water partition coefficient (Wildman–Crippen LogP) is 4.83. The smallest absolute Gasteiger partial charge is 0.326 e. The Hall–Kier alpha value is -1.70. The Morgan fingerprint density at radius 2 is 2.08 bits per heavy atom. The molecule has 5 nitrogen and oxygen atoms in total. The van der Waals surface area contributed by atoms with Gasteiger partial charge < -0.3 is 10.0 Å². The molecule has 0 amide bonds. The number of hydrogen-bond donors (Lipinski definition) is 1. The van der Waals surface area contributed by atoms with Crippen molar-refractivity contribution in [3.8, 4) is 11.1 Å². The number of halogens is 2. The van der Waals surface area contributed by atoms with Gasteiger partial charge in [0.15, 0.2) is 0 Å². The zero-order valence-corrected chi connectivity index (χ0v) is 16.1. The standard InChI is InChI=1S/C17H13BrClN3O2S/c18-10-5-3-9(4-6-10)11-8-25-15-13(11)14(20-17(19)21-15)22-7-1-2-12(22)16(23)24/h3-6,8,12H,1-2,7H2,(H,23,24). The lowest BCUT2D eigenvalue weighted by Gasteiger charge is -2.23. The van der Waals surface area contributed by atoms with Gasteiger partial charge in [0.2, 0.25) is 5.28 Å². The van der Waals surface area contributed by atoms with Gasteiger partial charge in [0, 0.05) is 22.0 Å². The predicted molar refractivity (Wildman–Crippen MR) is 104 cm³/mol. The van der Waals surface area contributed by atoms with Crippen molar-refractivity contribution < 1.29 is 9.90 Å². The highest BCUT2D eigenvalue weighted by atomic mass is 79.9. The largest absolute Gasteiger partial charge is 0.480 e. The molecule has 0 spiro atoms. The van der Waals surface area contributed by atoms with Gasteiger partial charge >= 0.3 is 5.97 Å². The lowest BCUT2D eigenvalue weighted by molar-refractivity contribution is -0.138. The molecule has 1 saturated heterocycles. The minimum atomic E-state index is -0.833. The molecular weight excluding hydrogens is 426 g/mol. The van der Waals surface area contributed by atoms with Crippen molar-refractivity contribution in [2.24, 2.45) is 0 Å². The van der Waals surface area contributed by atoms with Gasteiger partial charge in [-0.1, -0.05) is 28.1 Å². The summed E-state index contributed by atoms with van der Waals surface area (Å²) in [4.78, 5) is 23.0. The topological polar surface area (TPSA) is 66.3 Å². The van der Waals surface area contributed by atoms with Crippen molar-refractivity contribution in [1.29, 1.82) is 0 Å². The highest BCUT2D eigenvalue weighted by Gasteiger charge is 2.33. The summed E-state index contributed by atoms with van der Waals surface area (Å²) in [6, 6.07) is 7.41. The van der Waals surface area contributed by atoms with Crippen LogP contribution in [0.4, 0.5) is 5.82 Å². The number of nitrogens with zero attached hydrogens (tertiary/aromatic N) is 3. The number of carbonyl (C=O) groups is 1. The van der Waals surface area contributed by atoms with Crippen molar-refractivity contribution >= 4 is 60.9 Å². The summed E-state index contributed by atoms with van der Waals surface area (Å²) in [6.45, 7) is 0.648. The second kappa shape index (κ2) is 6.55. The van der Waals surface area contributed by atoms with Gasteiger partial charge in [0.1, 0.15) is 16.7 Å². The Balaban J connectivity index is 1.93. The fourth-order valence-corrected chi connectivity index (χ4v) is 4.65. The zero-order valence-electron chi connectivity index (χ0n) is 12.9. The molecule has 1 unspecified atom stereocenters. The highest BCUT2D eigenvalue weighted by molar-refractivity contribution is 9.10. The Bertz CT molecular complexity index is 960. The molecule has 1 aromatic carbocycles. The molecule has 8 heteroatoms. The van der Waals surface area contributed by atoms with Crippen molar-refractivity contribution in [3.05, 3.63) is 39.4 Å². The van der Waals surface area contributed by atoms with Gasteiger partial charge in [-0.15, -0.1) is 11.3 Å². The highest BCUT2D eigenvalue weighted by Crippen LogP contribution is 2.41. The monoisotopic (exact) mass is 437 g/mol. The molecule has 0 saturated carbocycles. The average molecular weight is 439 g/mol. The van der Waals surface area contributed by atoms with E-state index in [4.69, 9.17) is 11.6 Å². The molecule has 25 heavy (non-hydrogen) atoms. The molecule has 4 rings (SSSR count). The first-order valence-electron chi connectivity index (χ1n) is 7.74. The number of aromatic nitrogens is 2. The number of aliphatic carboxylic acids is 1. The molecule has 3 aromatic rings. The molecule has 1 fully saturated rings. The number of thiophene rings is 1. The minimum absolute atomic E-state index is 0.141. The van der Waals surface area contributed by atoms with E-state index in [0.717, 1.165) is 32.2 Å². The first kappa shape index (κ1) is 16.8. The Labute approximate surface area is 161 Å². The normalized spacial score (nSPS) is 17.4. The van der Waals surface area contributed by atoms with Crippen molar-refractivity contribution in [2.45, 2.75) is 18.9 Å². The number of benzene rings is 1. The Kier molecular flexibility index (Phi) is 4.39. The van der Waals surface area contributed by atoms with Crippen LogP contribution in [0, 0.1) is 0 Å². The van der Waals surface area contributed by atoms with Crippen LogP contribution in [0.25, 0.3) is 21.3 Å². The van der Waals surface area contributed by atoms with Crippen LogP contribution in [-0.2, 0) is 4.79 Å². The van der Waals surface area contributed by atoms with Crippen LogP contribution in [0.15, 0.2) is 34.1 Å². The molecule has 2 aromatic heterocycles. The lowest BCUT2D eigenvalue weighted by atomic mass is 10.1. The summed E-state index contributed by atoms with van der Waals surface area (Å²) >= 11 is 11.0. The first-order chi connectivity index (χ1) is 12.0. The zero-order chi connectivity index (χ0) is 17.6. The third-order valence-electron chi connectivity index (χ3n) is 4.35. The van der Waals surface area contributed by atoms with Crippen LogP contribution >= 0.6 is 38.9 Å². The Morgan fingerprint density at radius 3 is 2.80 bits per heavy atom. The number of carboxylic acids is 1. The van der Waals surface area contributed by atoms with E-state index >= 15 is 0 Å². The molecular formula is C17H13BrClN3O2S. The summed E-state index contributed by atoms with van der Waals surface area (Å²) in [5.74, 6) is -0.222. The number of hydrogen-bond acceptors (Lipinski definition) is 5. The summed E-state index contributed by atoms with van der Waals surface area (Å²) in [7, 11) is 0. The molecule has 128 valence electrons. The van der Waals surface area contributed by atoms with E-state index < -0.39 is 12.0 Å². The molecule has 1 aliphatic heterocycles. The van der Waals surface area contributed by atoms with Gasteiger partial charge in [-0.2, -0.15) is 4.98 Å². The summed E-state index contributed by atoms with van der Waals surface area (Å²) in [5, 5.41) is 12.6. The summed E-state index contributed by atoms with van der Waals surface area (Å²) < 4.78 is 1.00. The molecule has 1 N–H and O–H groups in total. The van der Waals surface area contributed by atoms with E-state index in [1.807, 2.05) is 34.5 Å². The van der Waals surface area contributed by atoms with E-state index in [9.17, 15) is 9.90 Å². The van der Waals surface area contributed by atoms with Gasteiger partial charge in [-0.3, -0.25) is 0 Å². The van der Waals surface area contributed by atoms with Crippen molar-refractivity contribution in [2.75, 3.05) is 11.4 Å². The maximum atomic E-state index is 11.6. The third-order valence-corrected chi connectivity index (χ3v) is 5.92. The quantitative estimate of drug-likeness (QED) is 0.593. The van der Waals surface area contributed by atoms with Gasteiger partial charge in [-0.25, -0.2) is 9.78 Å². The molecule has 1 atom stereocenters. The van der Waals surface area contributed by atoms with Gasteiger partial charge in [-0.05, 0) is 42.1 Å². The minimum Gasteiger partial charge on any atom is -0.480 e. The van der Waals surface area contributed by atoms with Crippen LogP contribution in [-0.4, -0.2) is 33.6 Å². The molecule has 0 bridgehead atoms. The van der Waals surface area contributed by atoms with Crippen LogP contribution in [0.2, 0.25) is 5.28 Å². The van der Waals surface area contributed by atoms with E-state index in [1.165, 1.54) is 11.3 Å². The second-order valence-corrected chi connectivity index (χ2v) is 7.95.